The minimum absolute atomic E-state index is 0.0339. The van der Waals surface area contributed by atoms with Crippen LogP contribution in [-0.2, 0) is 10.4 Å². The quantitative estimate of drug-likeness (QED) is 0.693. The summed E-state index contributed by atoms with van der Waals surface area (Å²) in [6.07, 6.45) is 4.91. The molecule has 2 aromatic rings. The lowest BCUT2D eigenvalue weighted by Crippen LogP contribution is -2.42. The number of aliphatic hydroxyl groups is 1. The van der Waals surface area contributed by atoms with Gasteiger partial charge in [-0.1, -0.05) is 24.1 Å². The Morgan fingerprint density at radius 3 is 2.74 bits per heavy atom. The molecule has 1 aliphatic heterocycles. The number of terminal acetylenes is 1. The first-order valence-corrected chi connectivity index (χ1v) is 7.14. The number of anilines is 1. The zero-order valence-corrected chi connectivity index (χ0v) is 12.6. The highest BCUT2D eigenvalue weighted by Crippen LogP contribution is 2.42. The maximum absolute atomic E-state index is 12.6. The number of nitrogens with zero attached hydrogens (tertiary/aromatic N) is 1. The molecule has 3 rings (SSSR count). The van der Waals surface area contributed by atoms with Crippen molar-refractivity contribution in [2.75, 3.05) is 11.4 Å². The standard InChI is InChI=1S/C18H15NO4/c1-3-10-19-14-7-5-4-6-13(14)18(22,17(19)21)11-15(20)16-9-8-12(2)23-16/h1,4-9,22H,10-11H2,2H3/t18-/m0/s1. The molecule has 1 aliphatic rings. The molecule has 1 N–H and O–H groups in total. The van der Waals surface area contributed by atoms with Crippen LogP contribution in [-0.4, -0.2) is 23.3 Å². The van der Waals surface area contributed by atoms with Crippen molar-refractivity contribution in [2.45, 2.75) is 18.9 Å². The number of amides is 1. The molecule has 0 saturated carbocycles. The van der Waals surface area contributed by atoms with E-state index in [4.69, 9.17) is 10.8 Å². The number of furan rings is 1. The Morgan fingerprint density at radius 1 is 1.35 bits per heavy atom. The Bertz CT molecular complexity index is 830. The largest absolute Gasteiger partial charge is 0.458 e. The van der Waals surface area contributed by atoms with Gasteiger partial charge in [-0.3, -0.25) is 14.5 Å². The summed E-state index contributed by atoms with van der Waals surface area (Å²) in [5, 5.41) is 10.9. The van der Waals surface area contributed by atoms with Gasteiger partial charge in [0.05, 0.1) is 18.7 Å². The van der Waals surface area contributed by atoms with E-state index < -0.39 is 23.7 Å². The third-order valence-electron chi connectivity index (χ3n) is 3.92. The molecule has 0 fully saturated rings. The second-order valence-corrected chi connectivity index (χ2v) is 5.48. The second-order valence-electron chi connectivity index (χ2n) is 5.48. The molecule has 5 heteroatoms. The van der Waals surface area contributed by atoms with Crippen LogP contribution < -0.4 is 4.90 Å². The van der Waals surface area contributed by atoms with Crippen molar-refractivity contribution in [1.29, 1.82) is 0 Å². The molecule has 116 valence electrons. The summed E-state index contributed by atoms with van der Waals surface area (Å²) >= 11 is 0. The predicted octanol–water partition coefficient (Wildman–Crippen LogP) is 2.03. The first kappa shape index (κ1) is 15.1. The molecule has 0 spiro atoms. The summed E-state index contributed by atoms with van der Waals surface area (Å²) < 4.78 is 5.28. The van der Waals surface area contributed by atoms with Crippen molar-refractivity contribution in [1.82, 2.24) is 0 Å². The number of aryl methyl sites for hydroxylation is 1. The van der Waals surface area contributed by atoms with E-state index >= 15 is 0 Å². The van der Waals surface area contributed by atoms with E-state index in [1.807, 2.05) is 0 Å². The van der Waals surface area contributed by atoms with Gasteiger partial charge in [0.1, 0.15) is 5.76 Å². The van der Waals surface area contributed by atoms with Gasteiger partial charge in [-0.05, 0) is 25.1 Å². The van der Waals surface area contributed by atoms with E-state index in [2.05, 4.69) is 5.92 Å². The van der Waals surface area contributed by atoms with Gasteiger partial charge in [0.25, 0.3) is 5.91 Å². The lowest BCUT2D eigenvalue weighted by molar-refractivity contribution is -0.135. The van der Waals surface area contributed by atoms with Crippen LogP contribution >= 0.6 is 0 Å². The highest BCUT2D eigenvalue weighted by molar-refractivity contribution is 6.10. The normalized spacial score (nSPS) is 19.5. The highest BCUT2D eigenvalue weighted by atomic mass is 16.3. The Balaban J connectivity index is 1.99. The molecule has 23 heavy (non-hydrogen) atoms. The lowest BCUT2D eigenvalue weighted by atomic mass is 9.89. The Labute approximate surface area is 133 Å². The number of Topliss-reactive ketones (excluding diaryl/α,β-unsaturated/α-hetero) is 1. The van der Waals surface area contributed by atoms with Gasteiger partial charge in [0, 0.05) is 5.56 Å². The summed E-state index contributed by atoms with van der Waals surface area (Å²) in [5.74, 6) is 2.08. The monoisotopic (exact) mass is 309 g/mol. The molecule has 0 radical (unpaired) electrons. The van der Waals surface area contributed by atoms with Gasteiger partial charge in [0.15, 0.2) is 11.4 Å². The average molecular weight is 309 g/mol. The molecular weight excluding hydrogens is 294 g/mol. The van der Waals surface area contributed by atoms with Crippen molar-refractivity contribution in [2.24, 2.45) is 0 Å². The molecular formula is C18H15NO4. The van der Waals surface area contributed by atoms with Crippen molar-refractivity contribution in [3.63, 3.8) is 0 Å². The van der Waals surface area contributed by atoms with Crippen molar-refractivity contribution in [3.05, 3.63) is 53.5 Å². The van der Waals surface area contributed by atoms with Crippen LogP contribution in [0, 0.1) is 19.3 Å². The van der Waals surface area contributed by atoms with E-state index in [1.165, 1.54) is 11.0 Å². The summed E-state index contributed by atoms with van der Waals surface area (Å²) in [4.78, 5) is 26.3. The second kappa shape index (κ2) is 5.41. The van der Waals surface area contributed by atoms with Crippen molar-refractivity contribution >= 4 is 17.4 Å². The Hall–Kier alpha value is -2.84. The maximum Gasteiger partial charge on any atom is 0.265 e. The van der Waals surface area contributed by atoms with Crippen LogP contribution in [0.4, 0.5) is 5.69 Å². The minimum atomic E-state index is -1.93. The van der Waals surface area contributed by atoms with Gasteiger partial charge in [-0.15, -0.1) is 6.42 Å². The van der Waals surface area contributed by atoms with Crippen LogP contribution in [0.3, 0.4) is 0 Å². The van der Waals surface area contributed by atoms with E-state index in [9.17, 15) is 14.7 Å². The van der Waals surface area contributed by atoms with Crippen LogP contribution in [0.2, 0.25) is 0 Å². The molecule has 1 aromatic carbocycles. The number of para-hydroxylation sites is 1. The third kappa shape index (κ3) is 2.33. The van der Waals surface area contributed by atoms with Crippen molar-refractivity contribution < 1.29 is 19.1 Å². The SMILES string of the molecule is C#CCN1C(=O)[C@](O)(CC(=O)c2ccc(C)o2)c2ccccc21. The van der Waals surface area contributed by atoms with Crippen LogP contribution in [0.1, 0.15) is 28.3 Å². The summed E-state index contributed by atoms with van der Waals surface area (Å²) in [7, 11) is 0. The Kier molecular flexibility index (Phi) is 3.55. The fourth-order valence-electron chi connectivity index (χ4n) is 2.83. The fraction of sp³-hybridized carbons (Fsp3) is 0.222. The van der Waals surface area contributed by atoms with Crippen LogP contribution in [0.25, 0.3) is 0 Å². The fourth-order valence-corrected chi connectivity index (χ4v) is 2.83. The number of rotatable bonds is 4. The highest BCUT2D eigenvalue weighted by Gasteiger charge is 2.50. The summed E-state index contributed by atoms with van der Waals surface area (Å²) in [5.41, 5.74) is -1.01. The van der Waals surface area contributed by atoms with Gasteiger partial charge in [-0.25, -0.2) is 0 Å². The molecule has 0 unspecified atom stereocenters. The van der Waals surface area contributed by atoms with Crippen LogP contribution in [0.5, 0.6) is 0 Å². The Morgan fingerprint density at radius 2 is 2.09 bits per heavy atom. The molecule has 1 aromatic heterocycles. The number of hydrogen-bond acceptors (Lipinski definition) is 4. The number of carbonyl (C=O) groups excluding carboxylic acids is 2. The van der Waals surface area contributed by atoms with E-state index in [0.717, 1.165) is 0 Å². The summed E-state index contributed by atoms with van der Waals surface area (Å²) in [6.45, 7) is 1.75. The molecule has 2 heterocycles. The molecule has 5 nitrogen and oxygen atoms in total. The van der Waals surface area contributed by atoms with E-state index in [0.29, 0.717) is 17.0 Å². The number of carbonyl (C=O) groups is 2. The number of hydrogen-bond donors (Lipinski definition) is 1. The zero-order chi connectivity index (χ0) is 16.6. The van der Waals surface area contributed by atoms with Crippen molar-refractivity contribution in [3.8, 4) is 12.3 Å². The molecule has 1 atom stereocenters. The van der Waals surface area contributed by atoms with Gasteiger partial charge >= 0.3 is 0 Å². The third-order valence-corrected chi connectivity index (χ3v) is 3.92. The molecule has 0 saturated heterocycles. The average Bonchev–Trinajstić information content (AvgIpc) is 3.05. The minimum Gasteiger partial charge on any atom is -0.458 e. The first-order valence-electron chi connectivity index (χ1n) is 7.14. The lowest BCUT2D eigenvalue weighted by Gasteiger charge is -2.21. The number of benzene rings is 1. The maximum atomic E-state index is 12.6. The number of fused-ring (bicyclic) bond motifs is 1. The van der Waals surface area contributed by atoms with Gasteiger partial charge in [0.2, 0.25) is 5.78 Å². The van der Waals surface area contributed by atoms with Crippen LogP contribution in [0.15, 0.2) is 40.8 Å². The number of ketones is 1. The molecule has 1 amide bonds. The van der Waals surface area contributed by atoms with Gasteiger partial charge < -0.3 is 9.52 Å². The molecule has 0 aliphatic carbocycles. The topological polar surface area (TPSA) is 70.8 Å². The zero-order valence-electron chi connectivity index (χ0n) is 12.6. The van der Waals surface area contributed by atoms with Gasteiger partial charge in [-0.2, -0.15) is 0 Å². The van der Waals surface area contributed by atoms with E-state index in [-0.39, 0.29) is 12.3 Å². The first-order chi connectivity index (χ1) is 11.0. The molecule has 0 bridgehead atoms. The summed E-state index contributed by atoms with van der Waals surface area (Å²) in [6, 6.07) is 9.98. The van der Waals surface area contributed by atoms with E-state index in [1.54, 1.807) is 37.3 Å². The smallest absolute Gasteiger partial charge is 0.265 e. The predicted molar refractivity (Wildman–Crippen MR) is 83.9 cm³/mol.